The molecule has 0 bridgehead atoms. The van der Waals surface area contributed by atoms with E-state index in [0.717, 1.165) is 38.4 Å². The average molecular weight is 1050 g/mol. The van der Waals surface area contributed by atoms with Crippen molar-refractivity contribution >= 4 is 33.7 Å². The summed E-state index contributed by atoms with van der Waals surface area (Å²) in [6.45, 7) is -0.316. The van der Waals surface area contributed by atoms with Crippen LogP contribution in [0.25, 0.3) is 0 Å². The first-order chi connectivity index (χ1) is 37.4. The molecule has 8 aromatic rings. The van der Waals surface area contributed by atoms with Gasteiger partial charge < -0.3 is 33.7 Å². The SMILES string of the molecule is CS(=O)(=O)N1C[C@@H](NC(=O)c2ccc(OCc3ccccc3)cc2)[C@H](OC(=O)c2cc(OCc3ccccc3)c(C(=O)c3c(OCc4ccccc4)cccc3C(=O)OCc3ccccc3)c(OCc3ccccc3)c2)C1. The molecule has 77 heavy (non-hydrogen) atoms. The Morgan fingerprint density at radius 1 is 0.481 bits per heavy atom. The Morgan fingerprint density at radius 2 is 0.935 bits per heavy atom. The third-order valence-corrected chi connectivity index (χ3v) is 13.8. The number of amides is 1. The van der Waals surface area contributed by atoms with Crippen LogP contribution in [0.3, 0.4) is 0 Å². The largest absolute Gasteiger partial charge is 0.489 e. The zero-order valence-electron chi connectivity index (χ0n) is 42.0. The molecule has 9 rings (SSSR count). The summed E-state index contributed by atoms with van der Waals surface area (Å²) in [4.78, 5) is 58.4. The Hall–Kier alpha value is -9.05. The minimum Gasteiger partial charge on any atom is -0.489 e. The number of benzene rings is 8. The third-order valence-electron chi connectivity index (χ3n) is 12.6. The van der Waals surface area contributed by atoms with Crippen molar-refractivity contribution in [2.24, 2.45) is 0 Å². The lowest BCUT2D eigenvalue weighted by Crippen LogP contribution is -2.44. The first kappa shape index (κ1) is 52.8. The van der Waals surface area contributed by atoms with Gasteiger partial charge in [-0.3, -0.25) is 9.59 Å². The zero-order valence-corrected chi connectivity index (χ0v) is 42.8. The van der Waals surface area contributed by atoms with Gasteiger partial charge in [-0.1, -0.05) is 158 Å². The van der Waals surface area contributed by atoms with E-state index in [-0.39, 0.29) is 84.6 Å². The second-order valence-corrected chi connectivity index (χ2v) is 20.1. The van der Waals surface area contributed by atoms with E-state index in [1.165, 1.54) is 18.2 Å². The maximum Gasteiger partial charge on any atom is 0.339 e. The van der Waals surface area contributed by atoms with Crippen molar-refractivity contribution in [1.29, 1.82) is 0 Å². The van der Waals surface area contributed by atoms with E-state index >= 15 is 4.79 Å². The Balaban J connectivity index is 1.07. The number of hydrogen-bond acceptors (Lipinski definition) is 12. The summed E-state index contributed by atoms with van der Waals surface area (Å²) >= 11 is 0. The van der Waals surface area contributed by atoms with E-state index in [0.29, 0.717) is 12.4 Å². The van der Waals surface area contributed by atoms with Crippen LogP contribution in [0.15, 0.2) is 206 Å². The Bertz CT molecular complexity index is 3360. The van der Waals surface area contributed by atoms with E-state index in [1.54, 1.807) is 36.4 Å². The van der Waals surface area contributed by atoms with E-state index < -0.39 is 45.8 Å². The molecular formula is C62H54N2O12S. The van der Waals surface area contributed by atoms with Crippen LogP contribution in [0.4, 0.5) is 0 Å². The maximum atomic E-state index is 15.7. The van der Waals surface area contributed by atoms with Crippen LogP contribution in [0, 0.1) is 0 Å². The van der Waals surface area contributed by atoms with Crippen LogP contribution >= 0.6 is 0 Å². The highest BCUT2D eigenvalue weighted by molar-refractivity contribution is 7.88. The number of sulfonamides is 1. The van der Waals surface area contributed by atoms with E-state index in [9.17, 15) is 22.8 Å². The number of esters is 2. The minimum absolute atomic E-state index is 0.0406. The fourth-order valence-electron chi connectivity index (χ4n) is 8.52. The zero-order chi connectivity index (χ0) is 53.6. The number of carbonyl (C=O) groups excluding carboxylic acids is 4. The van der Waals surface area contributed by atoms with Crippen LogP contribution in [0.5, 0.6) is 23.0 Å². The second kappa shape index (κ2) is 25.0. The van der Waals surface area contributed by atoms with Gasteiger partial charge in [0.2, 0.25) is 15.8 Å². The highest BCUT2D eigenvalue weighted by Crippen LogP contribution is 2.38. The van der Waals surface area contributed by atoms with E-state index in [4.69, 9.17) is 28.4 Å². The van der Waals surface area contributed by atoms with Crippen molar-refractivity contribution in [3.63, 3.8) is 0 Å². The summed E-state index contributed by atoms with van der Waals surface area (Å²) < 4.78 is 64.3. The van der Waals surface area contributed by atoms with Crippen LogP contribution in [-0.2, 0) is 52.5 Å². The normalized spacial score (nSPS) is 14.2. The molecule has 2 atom stereocenters. The van der Waals surface area contributed by atoms with Gasteiger partial charge in [0.15, 0.2) is 0 Å². The lowest BCUT2D eigenvalue weighted by Gasteiger charge is -2.22. The quantitative estimate of drug-likeness (QED) is 0.0504. The molecule has 1 fully saturated rings. The van der Waals surface area contributed by atoms with Crippen molar-refractivity contribution in [2.45, 2.75) is 45.2 Å². The predicted octanol–water partition coefficient (Wildman–Crippen LogP) is 10.2. The lowest BCUT2D eigenvalue weighted by atomic mass is 9.94. The highest BCUT2D eigenvalue weighted by Gasteiger charge is 2.41. The summed E-state index contributed by atoms with van der Waals surface area (Å²) in [5.41, 5.74) is 3.69. The molecule has 8 aromatic carbocycles. The number of carbonyl (C=O) groups is 4. The molecule has 0 radical (unpaired) electrons. The van der Waals surface area contributed by atoms with Crippen LogP contribution in [-0.4, -0.2) is 67.8 Å². The third kappa shape index (κ3) is 14.0. The van der Waals surface area contributed by atoms with Crippen LogP contribution < -0.4 is 24.3 Å². The topological polar surface area (TPSA) is 173 Å². The predicted molar refractivity (Wildman–Crippen MR) is 288 cm³/mol. The maximum absolute atomic E-state index is 15.7. The summed E-state index contributed by atoms with van der Waals surface area (Å²) in [7, 11) is -3.82. The van der Waals surface area contributed by atoms with Gasteiger partial charge in [-0.25, -0.2) is 18.0 Å². The Kier molecular flexibility index (Phi) is 17.1. The van der Waals surface area contributed by atoms with Gasteiger partial charge in [-0.05, 0) is 76.3 Å². The molecule has 0 spiro atoms. The monoisotopic (exact) mass is 1050 g/mol. The molecule has 0 aliphatic carbocycles. The molecule has 1 aliphatic heterocycles. The van der Waals surface area contributed by atoms with Gasteiger partial charge in [0.1, 0.15) is 67.7 Å². The van der Waals surface area contributed by atoms with Crippen molar-refractivity contribution < 1.29 is 56.0 Å². The smallest absolute Gasteiger partial charge is 0.339 e. The molecular weight excluding hydrogens is 997 g/mol. The van der Waals surface area contributed by atoms with Gasteiger partial charge >= 0.3 is 11.9 Å². The average Bonchev–Trinajstić information content (AvgIpc) is 3.89. The molecule has 15 heteroatoms. The number of ether oxygens (including phenoxy) is 6. The lowest BCUT2D eigenvalue weighted by molar-refractivity contribution is 0.0275. The van der Waals surface area contributed by atoms with Gasteiger partial charge in [-0.15, -0.1) is 0 Å². The molecule has 0 saturated carbocycles. The van der Waals surface area contributed by atoms with Gasteiger partial charge in [0.05, 0.1) is 35.5 Å². The Morgan fingerprint density at radius 3 is 1.42 bits per heavy atom. The standard InChI is InChI=1S/C62H54N2O12S/c1-77(69,70)64-36-52(63-60(66)48-30-32-50(33-31-48)71-38-43-18-7-2-8-19-43)56(37-64)76-61(67)49-34-54(73-40-45-22-11-4-12-23-45)58(55(35-49)74-41-46-24-13-5-14-25-46)59(65)57-51(62(68)75-42-47-26-15-6-16-27-47)28-17-29-53(57)72-39-44-20-9-3-10-21-44/h2-35,52,56H,36-42H2,1H3,(H,63,66)/t52-,56-/m1/s1. The van der Waals surface area contributed by atoms with Gasteiger partial charge in [0, 0.05) is 12.1 Å². The minimum atomic E-state index is -3.82. The molecule has 1 amide bonds. The van der Waals surface area contributed by atoms with E-state index in [1.807, 2.05) is 152 Å². The summed E-state index contributed by atoms with van der Waals surface area (Å²) in [6, 6.07) is 59.2. The molecule has 1 aliphatic rings. The van der Waals surface area contributed by atoms with Crippen molar-refractivity contribution in [2.75, 3.05) is 19.3 Å². The number of ketones is 1. The first-order valence-corrected chi connectivity index (χ1v) is 26.6. The van der Waals surface area contributed by atoms with E-state index in [2.05, 4.69) is 5.32 Å². The summed E-state index contributed by atoms with van der Waals surface area (Å²) in [5, 5.41) is 2.88. The molecule has 0 unspecified atom stereocenters. The van der Waals surface area contributed by atoms with Crippen LogP contribution in [0.1, 0.15) is 74.8 Å². The molecule has 1 heterocycles. The number of nitrogens with zero attached hydrogens (tertiary/aromatic N) is 1. The number of rotatable bonds is 22. The summed E-state index contributed by atoms with van der Waals surface area (Å²) in [5.74, 6) is -2.63. The highest BCUT2D eigenvalue weighted by atomic mass is 32.2. The fraction of sp³-hybridized carbons (Fsp3) is 0.161. The van der Waals surface area contributed by atoms with Crippen molar-refractivity contribution in [3.8, 4) is 23.0 Å². The summed E-state index contributed by atoms with van der Waals surface area (Å²) in [6.07, 6.45) is -0.136. The molecule has 0 aromatic heterocycles. The van der Waals surface area contributed by atoms with Crippen LogP contribution in [0.2, 0.25) is 0 Å². The molecule has 390 valence electrons. The molecule has 1 N–H and O–H groups in total. The number of hydrogen-bond donors (Lipinski definition) is 1. The second-order valence-electron chi connectivity index (χ2n) is 18.1. The van der Waals surface area contributed by atoms with Crippen molar-refractivity contribution in [3.05, 3.63) is 262 Å². The Labute approximate surface area is 446 Å². The molecule has 14 nitrogen and oxygen atoms in total. The van der Waals surface area contributed by atoms with Gasteiger partial charge in [-0.2, -0.15) is 4.31 Å². The first-order valence-electron chi connectivity index (χ1n) is 24.8. The van der Waals surface area contributed by atoms with Crippen molar-refractivity contribution in [1.82, 2.24) is 9.62 Å². The number of nitrogens with one attached hydrogen (secondary N) is 1. The van der Waals surface area contributed by atoms with Gasteiger partial charge in [0.25, 0.3) is 5.91 Å². The fourth-order valence-corrected chi connectivity index (χ4v) is 9.36. The molecule has 1 saturated heterocycles.